The molecule has 3 aliphatic rings. The number of ether oxygens (including phenoxy) is 4. The van der Waals surface area contributed by atoms with E-state index in [1.807, 2.05) is 37.2 Å². The number of carboxylic acids is 1. The van der Waals surface area contributed by atoms with Gasteiger partial charge in [-0.25, -0.2) is 0 Å². The van der Waals surface area contributed by atoms with Crippen molar-refractivity contribution < 1.29 is 33.6 Å². The molecule has 1 aromatic rings. The van der Waals surface area contributed by atoms with Gasteiger partial charge in [-0.05, 0) is 64.0 Å². The molecule has 1 N–H and O–H groups in total. The largest absolute Gasteiger partial charge is 0.481 e. The molecule has 3 atom stereocenters. The summed E-state index contributed by atoms with van der Waals surface area (Å²) in [4.78, 5) is 32.4. The van der Waals surface area contributed by atoms with Crippen LogP contribution >= 0.6 is 0 Å². The van der Waals surface area contributed by atoms with Gasteiger partial charge in [0, 0.05) is 31.6 Å². The van der Waals surface area contributed by atoms with Crippen LogP contribution in [0.15, 0.2) is 18.2 Å². The number of fused-ring (bicyclic) bond motifs is 1. The Morgan fingerprint density at radius 2 is 1.76 bits per heavy atom. The first-order chi connectivity index (χ1) is 18.4. The number of nitrogens with zero attached hydrogens (tertiary/aromatic N) is 3. The highest BCUT2D eigenvalue weighted by atomic mass is 16.7. The Morgan fingerprint density at radius 1 is 1.03 bits per heavy atom. The summed E-state index contributed by atoms with van der Waals surface area (Å²) in [7, 11) is 4.07. The summed E-state index contributed by atoms with van der Waals surface area (Å²) in [6.07, 6.45) is 3.71. The van der Waals surface area contributed by atoms with Crippen LogP contribution in [0, 0.1) is 5.92 Å². The van der Waals surface area contributed by atoms with Gasteiger partial charge in [-0.2, -0.15) is 0 Å². The SMILES string of the molecule is CCCCN(CCCN(C)C)C(=O)CN1CC(c2ccc3c(c2)OCO3)C(C(=O)O)C1CCC1OCCO1. The van der Waals surface area contributed by atoms with Gasteiger partial charge < -0.3 is 33.9 Å². The Labute approximate surface area is 225 Å². The second-order valence-corrected chi connectivity index (χ2v) is 10.7. The molecule has 3 unspecified atom stereocenters. The predicted molar refractivity (Wildman–Crippen MR) is 141 cm³/mol. The molecule has 0 bridgehead atoms. The number of carboxylic acid groups (broad SMARTS) is 1. The van der Waals surface area contributed by atoms with Crippen LogP contribution in [-0.2, 0) is 19.1 Å². The van der Waals surface area contributed by atoms with Crippen LogP contribution in [0.1, 0.15) is 50.5 Å². The van der Waals surface area contributed by atoms with E-state index >= 15 is 0 Å². The Balaban J connectivity index is 1.53. The summed E-state index contributed by atoms with van der Waals surface area (Å²) in [6, 6.07) is 5.35. The van der Waals surface area contributed by atoms with Gasteiger partial charge in [0.15, 0.2) is 17.8 Å². The number of hydrogen-bond acceptors (Lipinski definition) is 8. The minimum Gasteiger partial charge on any atom is -0.481 e. The zero-order chi connectivity index (χ0) is 27.1. The monoisotopic (exact) mass is 533 g/mol. The Kier molecular flexibility index (Phi) is 10.2. The second kappa shape index (κ2) is 13.6. The van der Waals surface area contributed by atoms with Gasteiger partial charge in [0.05, 0.1) is 25.7 Å². The van der Waals surface area contributed by atoms with E-state index in [1.165, 1.54) is 0 Å². The first-order valence-electron chi connectivity index (χ1n) is 13.9. The zero-order valence-corrected chi connectivity index (χ0v) is 23.0. The number of unbranched alkanes of at least 4 members (excludes halogenated alkanes) is 1. The Bertz CT molecular complexity index is 937. The lowest BCUT2D eigenvalue weighted by atomic mass is 9.83. The number of likely N-dealkylation sites (tertiary alicyclic amines) is 1. The van der Waals surface area contributed by atoms with Crippen LogP contribution in [0.25, 0.3) is 0 Å². The molecule has 10 heteroatoms. The third-order valence-electron chi connectivity index (χ3n) is 7.75. The number of rotatable bonds is 14. The topological polar surface area (TPSA) is 101 Å². The molecule has 2 fully saturated rings. The quantitative estimate of drug-likeness (QED) is 0.387. The fourth-order valence-corrected chi connectivity index (χ4v) is 5.78. The van der Waals surface area contributed by atoms with Gasteiger partial charge >= 0.3 is 5.97 Å². The second-order valence-electron chi connectivity index (χ2n) is 10.7. The average Bonchev–Trinajstić information content (AvgIpc) is 3.64. The summed E-state index contributed by atoms with van der Waals surface area (Å²) >= 11 is 0. The molecule has 2 saturated heterocycles. The number of carbonyl (C=O) groups excluding carboxylic acids is 1. The zero-order valence-electron chi connectivity index (χ0n) is 23.0. The van der Waals surface area contributed by atoms with Crippen molar-refractivity contribution in [3.63, 3.8) is 0 Å². The first-order valence-corrected chi connectivity index (χ1v) is 13.9. The Morgan fingerprint density at radius 3 is 2.47 bits per heavy atom. The van der Waals surface area contributed by atoms with Gasteiger partial charge in [0.25, 0.3) is 0 Å². The summed E-state index contributed by atoms with van der Waals surface area (Å²) in [5.74, 6) is -0.426. The number of amides is 1. The van der Waals surface area contributed by atoms with Gasteiger partial charge in [0.1, 0.15) is 0 Å². The van der Waals surface area contributed by atoms with E-state index in [-0.39, 0.29) is 37.5 Å². The molecular weight excluding hydrogens is 490 g/mol. The third-order valence-corrected chi connectivity index (χ3v) is 7.75. The summed E-state index contributed by atoms with van der Waals surface area (Å²) < 4.78 is 22.3. The highest BCUT2D eigenvalue weighted by Crippen LogP contribution is 2.43. The van der Waals surface area contributed by atoms with E-state index in [9.17, 15) is 14.7 Å². The van der Waals surface area contributed by atoms with E-state index in [0.717, 1.165) is 37.9 Å². The van der Waals surface area contributed by atoms with Crippen LogP contribution < -0.4 is 9.47 Å². The highest BCUT2D eigenvalue weighted by molar-refractivity contribution is 5.79. The van der Waals surface area contributed by atoms with Gasteiger partial charge in [-0.15, -0.1) is 0 Å². The van der Waals surface area contributed by atoms with Crippen molar-refractivity contribution in [2.24, 2.45) is 5.92 Å². The molecule has 212 valence electrons. The number of benzene rings is 1. The van der Waals surface area contributed by atoms with Crippen LogP contribution in [0.5, 0.6) is 11.5 Å². The maximum Gasteiger partial charge on any atom is 0.308 e. The van der Waals surface area contributed by atoms with E-state index < -0.39 is 11.9 Å². The summed E-state index contributed by atoms with van der Waals surface area (Å²) in [6.45, 7) is 6.42. The van der Waals surface area contributed by atoms with Crippen LogP contribution in [-0.4, -0.2) is 111 Å². The molecule has 1 aromatic carbocycles. The van der Waals surface area contributed by atoms with Crippen LogP contribution in [0.2, 0.25) is 0 Å². The molecule has 3 aliphatic heterocycles. The van der Waals surface area contributed by atoms with Crippen molar-refractivity contribution in [3.8, 4) is 11.5 Å². The van der Waals surface area contributed by atoms with Crippen LogP contribution in [0.4, 0.5) is 0 Å². The molecule has 38 heavy (non-hydrogen) atoms. The molecule has 0 aliphatic carbocycles. The van der Waals surface area contributed by atoms with E-state index in [1.54, 1.807) is 0 Å². The first kappa shape index (κ1) is 28.6. The lowest BCUT2D eigenvalue weighted by Crippen LogP contribution is -2.45. The minimum absolute atomic E-state index is 0.0612. The molecule has 0 aromatic heterocycles. The van der Waals surface area contributed by atoms with Crippen molar-refractivity contribution >= 4 is 11.9 Å². The van der Waals surface area contributed by atoms with Crippen molar-refractivity contribution in [1.29, 1.82) is 0 Å². The number of aliphatic carboxylic acids is 1. The average molecular weight is 534 g/mol. The molecule has 3 heterocycles. The lowest BCUT2D eigenvalue weighted by molar-refractivity contribution is -0.144. The van der Waals surface area contributed by atoms with Crippen molar-refractivity contribution in [3.05, 3.63) is 23.8 Å². The van der Waals surface area contributed by atoms with Gasteiger partial charge in [0.2, 0.25) is 12.7 Å². The summed E-state index contributed by atoms with van der Waals surface area (Å²) in [5.41, 5.74) is 0.892. The van der Waals surface area contributed by atoms with Gasteiger partial charge in [-0.1, -0.05) is 19.4 Å². The molecule has 0 saturated carbocycles. The smallest absolute Gasteiger partial charge is 0.308 e. The van der Waals surface area contributed by atoms with E-state index in [0.29, 0.717) is 50.6 Å². The maximum absolute atomic E-state index is 13.6. The number of carbonyl (C=O) groups is 2. The fourth-order valence-electron chi connectivity index (χ4n) is 5.78. The normalized spacial score (nSPS) is 23.4. The predicted octanol–water partition coefficient (Wildman–Crippen LogP) is 2.62. The van der Waals surface area contributed by atoms with Crippen molar-refractivity contribution in [1.82, 2.24) is 14.7 Å². The van der Waals surface area contributed by atoms with Gasteiger partial charge in [-0.3, -0.25) is 14.5 Å². The highest BCUT2D eigenvalue weighted by Gasteiger charge is 2.47. The van der Waals surface area contributed by atoms with Crippen LogP contribution in [0.3, 0.4) is 0 Å². The molecule has 0 spiro atoms. The standard InChI is InChI=1S/C28H43N3O7/c1-4-5-12-30(13-6-11-29(2)3)25(32)18-31-17-21(20-7-9-23-24(16-20)38-19-37-23)27(28(33)34)22(31)8-10-26-35-14-15-36-26/h7,9,16,21-22,26-27H,4-6,8,10-15,17-19H2,1-3H3,(H,33,34). The maximum atomic E-state index is 13.6. The van der Waals surface area contributed by atoms with E-state index in [2.05, 4.69) is 16.7 Å². The lowest BCUT2D eigenvalue weighted by Gasteiger charge is -2.30. The third kappa shape index (κ3) is 7.16. The molecule has 0 radical (unpaired) electrons. The van der Waals surface area contributed by atoms with Crippen molar-refractivity contribution in [2.75, 3.05) is 66.8 Å². The minimum atomic E-state index is -0.852. The fraction of sp³-hybridized carbons (Fsp3) is 0.714. The van der Waals surface area contributed by atoms with Crippen molar-refractivity contribution in [2.45, 2.75) is 57.3 Å². The molecule has 1 amide bonds. The molecule has 10 nitrogen and oxygen atoms in total. The van der Waals surface area contributed by atoms with E-state index in [4.69, 9.17) is 18.9 Å². The molecular formula is C28H43N3O7. The Hall–Kier alpha value is -2.40. The molecule has 4 rings (SSSR count). The number of hydrogen-bond donors (Lipinski definition) is 1. The summed E-state index contributed by atoms with van der Waals surface area (Å²) in [5, 5.41) is 10.4.